The summed E-state index contributed by atoms with van der Waals surface area (Å²) in [6, 6.07) is 0.646. The number of hydrogen-bond acceptors (Lipinski definition) is 3. The highest BCUT2D eigenvalue weighted by atomic mass is 15.4. The summed E-state index contributed by atoms with van der Waals surface area (Å²) in [4.78, 5) is 2.41. The van der Waals surface area contributed by atoms with Gasteiger partial charge in [-0.1, -0.05) is 25.7 Å². The van der Waals surface area contributed by atoms with E-state index in [4.69, 9.17) is 5.73 Å². The molecule has 0 aromatic carbocycles. The molecule has 1 aromatic heterocycles. The number of aryl methyl sites for hydroxylation is 2. The third-order valence-corrected chi connectivity index (χ3v) is 4.22. The van der Waals surface area contributed by atoms with Crippen LogP contribution in [0.15, 0.2) is 0 Å². The van der Waals surface area contributed by atoms with Crippen LogP contribution in [0.25, 0.3) is 0 Å². The van der Waals surface area contributed by atoms with Crippen molar-refractivity contribution in [3.05, 3.63) is 11.3 Å². The molecule has 1 aliphatic rings. The molecule has 18 heavy (non-hydrogen) atoms. The SMILES string of the molecule is Cc1nn(C)c(N(C)C2CCCCCC2)c1CN. The number of rotatable bonds is 3. The van der Waals surface area contributed by atoms with Crippen LogP contribution in [0.2, 0.25) is 0 Å². The van der Waals surface area contributed by atoms with Crippen LogP contribution in [0.1, 0.15) is 49.8 Å². The van der Waals surface area contributed by atoms with Crippen LogP contribution in [0.4, 0.5) is 5.82 Å². The van der Waals surface area contributed by atoms with Gasteiger partial charge in [-0.3, -0.25) is 4.68 Å². The van der Waals surface area contributed by atoms with Crippen LogP contribution >= 0.6 is 0 Å². The van der Waals surface area contributed by atoms with Gasteiger partial charge in [-0.2, -0.15) is 5.10 Å². The fraction of sp³-hybridized carbons (Fsp3) is 0.786. The summed E-state index contributed by atoms with van der Waals surface area (Å²) in [5, 5.41) is 4.52. The third-order valence-electron chi connectivity index (χ3n) is 4.22. The molecular formula is C14H26N4. The molecule has 1 saturated carbocycles. The molecule has 1 aliphatic carbocycles. The van der Waals surface area contributed by atoms with Crippen LogP contribution in [0.5, 0.6) is 0 Å². The molecule has 2 rings (SSSR count). The van der Waals surface area contributed by atoms with Crippen molar-refractivity contribution in [3.8, 4) is 0 Å². The van der Waals surface area contributed by atoms with E-state index in [1.807, 2.05) is 18.7 Å². The summed E-state index contributed by atoms with van der Waals surface area (Å²) in [7, 11) is 4.22. The Morgan fingerprint density at radius 1 is 1.28 bits per heavy atom. The predicted octanol–water partition coefficient (Wildman–Crippen LogP) is 2.35. The van der Waals surface area contributed by atoms with Gasteiger partial charge in [0.05, 0.1) is 5.69 Å². The summed E-state index contributed by atoms with van der Waals surface area (Å²) < 4.78 is 1.99. The average Bonchev–Trinajstić information content (AvgIpc) is 2.57. The summed E-state index contributed by atoms with van der Waals surface area (Å²) in [5.41, 5.74) is 8.15. The highest BCUT2D eigenvalue weighted by molar-refractivity contribution is 5.50. The van der Waals surface area contributed by atoms with Gasteiger partial charge in [0.2, 0.25) is 0 Å². The Bertz CT molecular complexity index is 389. The molecule has 0 atom stereocenters. The van der Waals surface area contributed by atoms with Gasteiger partial charge in [0, 0.05) is 32.2 Å². The van der Waals surface area contributed by atoms with Crippen LogP contribution in [0.3, 0.4) is 0 Å². The van der Waals surface area contributed by atoms with E-state index in [0.717, 1.165) is 5.69 Å². The molecular weight excluding hydrogens is 224 g/mol. The molecule has 0 bridgehead atoms. The summed E-state index contributed by atoms with van der Waals surface area (Å²) in [6.45, 7) is 2.62. The second-order valence-electron chi connectivity index (χ2n) is 5.47. The van der Waals surface area contributed by atoms with E-state index >= 15 is 0 Å². The van der Waals surface area contributed by atoms with E-state index in [-0.39, 0.29) is 0 Å². The molecule has 102 valence electrons. The van der Waals surface area contributed by atoms with E-state index < -0.39 is 0 Å². The Labute approximate surface area is 110 Å². The number of hydrogen-bond donors (Lipinski definition) is 1. The largest absolute Gasteiger partial charge is 0.357 e. The molecule has 4 nitrogen and oxygen atoms in total. The molecule has 1 fully saturated rings. The zero-order valence-corrected chi connectivity index (χ0v) is 11.9. The monoisotopic (exact) mass is 250 g/mol. The van der Waals surface area contributed by atoms with Crippen molar-refractivity contribution in [3.63, 3.8) is 0 Å². The van der Waals surface area contributed by atoms with Crippen LogP contribution in [-0.4, -0.2) is 22.9 Å². The Hall–Kier alpha value is -1.03. The highest BCUT2D eigenvalue weighted by Gasteiger charge is 2.23. The van der Waals surface area contributed by atoms with Gasteiger partial charge < -0.3 is 10.6 Å². The van der Waals surface area contributed by atoms with Crippen LogP contribution < -0.4 is 10.6 Å². The topological polar surface area (TPSA) is 47.1 Å². The van der Waals surface area contributed by atoms with Crippen molar-refractivity contribution in [1.29, 1.82) is 0 Å². The van der Waals surface area contributed by atoms with Crippen molar-refractivity contribution in [2.24, 2.45) is 12.8 Å². The lowest BCUT2D eigenvalue weighted by Gasteiger charge is -2.30. The van der Waals surface area contributed by atoms with Crippen molar-refractivity contribution in [2.75, 3.05) is 11.9 Å². The fourth-order valence-corrected chi connectivity index (χ4v) is 3.19. The standard InChI is InChI=1S/C14H26N4/c1-11-13(10-15)14(18(3)16-11)17(2)12-8-6-4-5-7-9-12/h12H,4-10,15H2,1-3H3. The zero-order chi connectivity index (χ0) is 13.1. The minimum atomic E-state index is 0.575. The number of anilines is 1. The molecule has 4 heteroatoms. The maximum atomic E-state index is 5.88. The second kappa shape index (κ2) is 5.74. The van der Waals surface area contributed by atoms with E-state index in [0.29, 0.717) is 12.6 Å². The molecule has 0 amide bonds. The third kappa shape index (κ3) is 2.53. The molecule has 1 heterocycles. The Kier molecular flexibility index (Phi) is 4.27. The maximum absolute atomic E-state index is 5.88. The predicted molar refractivity (Wildman–Crippen MR) is 75.7 cm³/mol. The first-order chi connectivity index (χ1) is 8.65. The summed E-state index contributed by atoms with van der Waals surface area (Å²) in [5.74, 6) is 1.21. The fourth-order valence-electron chi connectivity index (χ4n) is 3.19. The van der Waals surface area contributed by atoms with Gasteiger partial charge in [-0.05, 0) is 19.8 Å². The number of nitrogens with zero attached hydrogens (tertiary/aromatic N) is 3. The van der Waals surface area contributed by atoms with Crippen molar-refractivity contribution in [1.82, 2.24) is 9.78 Å². The summed E-state index contributed by atoms with van der Waals surface area (Å²) in [6.07, 6.45) is 8.07. The van der Waals surface area contributed by atoms with Gasteiger partial charge in [-0.25, -0.2) is 0 Å². The Balaban J connectivity index is 2.23. The lowest BCUT2D eigenvalue weighted by Crippen LogP contribution is -2.33. The Morgan fingerprint density at radius 2 is 1.89 bits per heavy atom. The molecule has 0 spiro atoms. The molecule has 2 N–H and O–H groups in total. The van der Waals surface area contributed by atoms with Gasteiger partial charge in [0.25, 0.3) is 0 Å². The first kappa shape index (κ1) is 13.4. The molecule has 0 aliphatic heterocycles. The first-order valence-corrected chi connectivity index (χ1v) is 7.10. The molecule has 1 aromatic rings. The number of aromatic nitrogens is 2. The second-order valence-corrected chi connectivity index (χ2v) is 5.47. The minimum Gasteiger partial charge on any atom is -0.357 e. The van der Waals surface area contributed by atoms with Gasteiger partial charge >= 0.3 is 0 Å². The summed E-state index contributed by atoms with van der Waals surface area (Å²) >= 11 is 0. The minimum absolute atomic E-state index is 0.575. The molecule has 0 radical (unpaired) electrons. The van der Waals surface area contributed by atoms with Gasteiger partial charge in [-0.15, -0.1) is 0 Å². The van der Waals surface area contributed by atoms with Crippen molar-refractivity contribution in [2.45, 2.75) is 58.0 Å². The van der Waals surface area contributed by atoms with Gasteiger partial charge in [0.1, 0.15) is 5.82 Å². The first-order valence-electron chi connectivity index (χ1n) is 7.10. The molecule has 0 saturated heterocycles. The zero-order valence-electron chi connectivity index (χ0n) is 11.9. The van der Waals surface area contributed by atoms with Gasteiger partial charge in [0.15, 0.2) is 0 Å². The van der Waals surface area contributed by atoms with Crippen molar-refractivity contribution < 1.29 is 0 Å². The lowest BCUT2D eigenvalue weighted by molar-refractivity contribution is 0.538. The lowest BCUT2D eigenvalue weighted by atomic mass is 10.1. The smallest absolute Gasteiger partial charge is 0.131 e. The van der Waals surface area contributed by atoms with Crippen LogP contribution in [-0.2, 0) is 13.6 Å². The van der Waals surface area contributed by atoms with Crippen LogP contribution in [0, 0.1) is 6.92 Å². The average molecular weight is 250 g/mol. The quantitative estimate of drug-likeness (QED) is 0.838. The highest BCUT2D eigenvalue weighted by Crippen LogP contribution is 2.28. The normalized spacial score (nSPS) is 17.8. The molecule has 0 unspecified atom stereocenters. The van der Waals surface area contributed by atoms with E-state index in [1.165, 1.54) is 49.9 Å². The van der Waals surface area contributed by atoms with E-state index in [1.54, 1.807) is 0 Å². The van der Waals surface area contributed by atoms with E-state index in [9.17, 15) is 0 Å². The number of nitrogens with two attached hydrogens (primary N) is 1. The van der Waals surface area contributed by atoms with E-state index in [2.05, 4.69) is 17.0 Å². The maximum Gasteiger partial charge on any atom is 0.131 e. The van der Waals surface area contributed by atoms with Crippen molar-refractivity contribution >= 4 is 5.82 Å². The Morgan fingerprint density at radius 3 is 2.44 bits per heavy atom.